The average molecular weight is 454 g/mol. The van der Waals surface area contributed by atoms with E-state index in [9.17, 15) is 4.79 Å². The first-order valence-electron chi connectivity index (χ1n) is 11.7. The number of carbonyl (C=O) groups is 1. The van der Waals surface area contributed by atoms with Crippen LogP contribution in [0.1, 0.15) is 58.7 Å². The molecular formula is C26H39N5O2. The fraction of sp³-hybridized carbons (Fsp3) is 0.615. The molecule has 7 heteroatoms. The summed E-state index contributed by atoms with van der Waals surface area (Å²) >= 11 is 0. The third-order valence-electron chi connectivity index (χ3n) is 5.90. The van der Waals surface area contributed by atoms with Gasteiger partial charge in [-0.2, -0.15) is 0 Å². The van der Waals surface area contributed by atoms with E-state index in [1.807, 2.05) is 38.2 Å². The summed E-state index contributed by atoms with van der Waals surface area (Å²) < 4.78 is 5.89. The lowest BCUT2D eigenvalue weighted by Crippen LogP contribution is -2.31. The van der Waals surface area contributed by atoms with E-state index in [1.165, 1.54) is 0 Å². The van der Waals surface area contributed by atoms with Crippen LogP contribution in [-0.4, -0.2) is 66.5 Å². The van der Waals surface area contributed by atoms with Gasteiger partial charge in [0.2, 0.25) is 0 Å². The molecule has 2 aromatic heterocycles. The molecular weight excluding hydrogens is 414 g/mol. The molecule has 0 bridgehead atoms. The minimum Gasteiger partial charge on any atom is -0.492 e. The Morgan fingerprint density at radius 3 is 2.58 bits per heavy atom. The fourth-order valence-electron chi connectivity index (χ4n) is 4.27. The van der Waals surface area contributed by atoms with Crippen molar-refractivity contribution in [1.29, 1.82) is 0 Å². The number of pyridine rings is 1. The summed E-state index contributed by atoms with van der Waals surface area (Å²) in [5.74, 6) is 2.38. The molecule has 0 radical (unpaired) electrons. The first-order valence-corrected chi connectivity index (χ1v) is 11.7. The number of likely N-dealkylation sites (N-methyl/N-ethyl adjacent to an activating group) is 2. The minimum absolute atomic E-state index is 0.0326. The van der Waals surface area contributed by atoms with E-state index in [-0.39, 0.29) is 16.6 Å². The van der Waals surface area contributed by atoms with Crippen LogP contribution in [0.15, 0.2) is 18.3 Å². The molecule has 33 heavy (non-hydrogen) atoms. The van der Waals surface area contributed by atoms with Gasteiger partial charge in [0.25, 0.3) is 0 Å². The average Bonchev–Trinajstić information content (AvgIpc) is 3.00. The first kappa shape index (κ1) is 25.1. The van der Waals surface area contributed by atoms with Gasteiger partial charge >= 0.3 is 0 Å². The summed E-state index contributed by atoms with van der Waals surface area (Å²) in [5.41, 5.74) is 2.81. The van der Waals surface area contributed by atoms with Crippen molar-refractivity contribution in [2.45, 2.75) is 59.3 Å². The summed E-state index contributed by atoms with van der Waals surface area (Å²) in [6.07, 6.45) is 4.18. The molecule has 2 heterocycles. The SMILES string of the molecule is CN(C)CCOc1ccnc(-c2nc3c(c(N(C)CC(=O)CC(C)(C)C)n2)C(C)(C)CC3)c1. The molecule has 0 saturated heterocycles. The number of ketones is 1. The van der Waals surface area contributed by atoms with Crippen LogP contribution in [-0.2, 0) is 16.6 Å². The van der Waals surface area contributed by atoms with Crippen molar-refractivity contribution in [3.63, 3.8) is 0 Å². The largest absolute Gasteiger partial charge is 0.492 e. The van der Waals surface area contributed by atoms with Gasteiger partial charge in [0.05, 0.1) is 12.2 Å². The van der Waals surface area contributed by atoms with Gasteiger partial charge < -0.3 is 14.5 Å². The molecule has 0 atom stereocenters. The second kappa shape index (κ2) is 9.75. The predicted octanol–water partition coefficient (Wildman–Crippen LogP) is 4.14. The fourth-order valence-corrected chi connectivity index (χ4v) is 4.27. The third-order valence-corrected chi connectivity index (χ3v) is 5.90. The van der Waals surface area contributed by atoms with Crippen molar-refractivity contribution < 1.29 is 9.53 Å². The van der Waals surface area contributed by atoms with Gasteiger partial charge in [0, 0.05) is 37.8 Å². The van der Waals surface area contributed by atoms with Crippen molar-refractivity contribution >= 4 is 11.6 Å². The molecule has 0 aromatic carbocycles. The number of rotatable bonds is 9. The van der Waals surface area contributed by atoms with Gasteiger partial charge in [0.15, 0.2) is 11.6 Å². The maximum Gasteiger partial charge on any atom is 0.180 e. The summed E-state index contributed by atoms with van der Waals surface area (Å²) in [4.78, 5) is 31.2. The lowest BCUT2D eigenvalue weighted by molar-refractivity contribution is -0.119. The molecule has 0 N–H and O–H groups in total. The van der Waals surface area contributed by atoms with Gasteiger partial charge in [-0.25, -0.2) is 9.97 Å². The Morgan fingerprint density at radius 2 is 1.91 bits per heavy atom. The smallest absolute Gasteiger partial charge is 0.180 e. The molecule has 0 amide bonds. The zero-order valence-corrected chi connectivity index (χ0v) is 21.5. The number of aryl methyl sites for hydroxylation is 1. The molecule has 0 unspecified atom stereocenters. The van der Waals surface area contributed by atoms with Gasteiger partial charge in [-0.1, -0.05) is 34.6 Å². The lowest BCUT2D eigenvalue weighted by atomic mass is 9.86. The van der Waals surface area contributed by atoms with Crippen LogP contribution in [0.2, 0.25) is 0 Å². The number of ether oxygens (including phenoxy) is 1. The highest BCUT2D eigenvalue weighted by molar-refractivity contribution is 5.84. The summed E-state index contributed by atoms with van der Waals surface area (Å²) in [6, 6.07) is 3.75. The Hall–Kier alpha value is -2.54. The van der Waals surface area contributed by atoms with Crippen molar-refractivity contribution in [3.05, 3.63) is 29.6 Å². The van der Waals surface area contributed by atoms with Crippen LogP contribution in [0.4, 0.5) is 5.82 Å². The van der Waals surface area contributed by atoms with E-state index in [0.29, 0.717) is 31.1 Å². The van der Waals surface area contributed by atoms with Crippen molar-refractivity contribution in [1.82, 2.24) is 19.9 Å². The van der Waals surface area contributed by atoms with E-state index in [4.69, 9.17) is 14.7 Å². The molecule has 0 fully saturated rings. The number of carbonyl (C=O) groups excluding carboxylic acids is 1. The first-order chi connectivity index (χ1) is 15.4. The van der Waals surface area contributed by atoms with E-state index < -0.39 is 0 Å². The molecule has 0 aliphatic heterocycles. The summed E-state index contributed by atoms with van der Waals surface area (Å²) in [5, 5.41) is 0. The third kappa shape index (κ3) is 6.50. The number of hydrogen-bond acceptors (Lipinski definition) is 7. The highest BCUT2D eigenvalue weighted by atomic mass is 16.5. The zero-order chi connectivity index (χ0) is 24.4. The van der Waals surface area contributed by atoms with Crippen LogP contribution >= 0.6 is 0 Å². The Kier molecular flexibility index (Phi) is 7.42. The highest BCUT2D eigenvalue weighted by Gasteiger charge is 2.36. The van der Waals surface area contributed by atoms with Crippen molar-refractivity contribution in [2.24, 2.45) is 5.41 Å². The van der Waals surface area contributed by atoms with Crippen LogP contribution < -0.4 is 9.64 Å². The van der Waals surface area contributed by atoms with Gasteiger partial charge in [-0.3, -0.25) is 9.78 Å². The summed E-state index contributed by atoms with van der Waals surface area (Å²) in [6.45, 7) is 12.5. The van der Waals surface area contributed by atoms with Crippen LogP contribution in [0.3, 0.4) is 0 Å². The topological polar surface area (TPSA) is 71.5 Å². The number of nitrogens with zero attached hydrogens (tertiary/aromatic N) is 5. The van der Waals surface area contributed by atoms with Crippen molar-refractivity contribution in [2.75, 3.05) is 45.7 Å². The Bertz CT molecular complexity index is 995. The van der Waals surface area contributed by atoms with E-state index in [1.54, 1.807) is 6.20 Å². The number of fused-ring (bicyclic) bond motifs is 1. The van der Waals surface area contributed by atoms with Crippen LogP contribution in [0, 0.1) is 5.41 Å². The Balaban J connectivity index is 1.93. The number of anilines is 1. The zero-order valence-electron chi connectivity index (χ0n) is 21.5. The molecule has 7 nitrogen and oxygen atoms in total. The maximum absolute atomic E-state index is 12.7. The maximum atomic E-state index is 12.7. The van der Waals surface area contributed by atoms with E-state index in [0.717, 1.165) is 42.2 Å². The molecule has 1 aliphatic carbocycles. The van der Waals surface area contributed by atoms with Crippen molar-refractivity contribution in [3.8, 4) is 17.3 Å². The van der Waals surface area contributed by atoms with Gasteiger partial charge in [-0.05, 0) is 43.8 Å². The minimum atomic E-state index is -0.0348. The Labute approximate surface area is 198 Å². The molecule has 1 aliphatic rings. The number of aromatic nitrogens is 3. The quantitative estimate of drug-likeness (QED) is 0.565. The van der Waals surface area contributed by atoms with Gasteiger partial charge in [-0.15, -0.1) is 0 Å². The number of hydrogen-bond donors (Lipinski definition) is 0. The Morgan fingerprint density at radius 1 is 1.18 bits per heavy atom. The highest BCUT2D eigenvalue weighted by Crippen LogP contribution is 2.43. The van der Waals surface area contributed by atoms with Gasteiger partial charge in [0.1, 0.15) is 23.9 Å². The summed E-state index contributed by atoms with van der Waals surface area (Å²) in [7, 11) is 5.99. The molecule has 180 valence electrons. The molecule has 3 rings (SSSR count). The van der Waals surface area contributed by atoms with Crippen LogP contribution in [0.25, 0.3) is 11.5 Å². The van der Waals surface area contributed by atoms with E-state index in [2.05, 4.69) is 44.5 Å². The van der Waals surface area contributed by atoms with E-state index >= 15 is 0 Å². The lowest BCUT2D eigenvalue weighted by Gasteiger charge is -2.28. The molecule has 0 spiro atoms. The normalized spacial score (nSPS) is 14.9. The molecule has 0 saturated carbocycles. The van der Waals surface area contributed by atoms with Crippen LogP contribution in [0.5, 0.6) is 5.75 Å². The standard InChI is InChI=1S/C26H39N5O2/c1-25(2,3)16-18(32)17-31(8)24-22-20(9-11-26(22,4)5)28-23(29-24)21-15-19(10-12-27-21)33-14-13-30(6)7/h10,12,15H,9,11,13-14,16-17H2,1-8H3. The number of Topliss-reactive ketones (excluding diaryl/α,β-unsaturated/α-hetero) is 1. The second-order valence-corrected chi connectivity index (χ2v) is 11.2. The molecule has 2 aromatic rings. The predicted molar refractivity (Wildman–Crippen MR) is 133 cm³/mol. The monoisotopic (exact) mass is 453 g/mol. The second-order valence-electron chi connectivity index (χ2n) is 11.2.